The standard InChI is InChI=1S/C25H27N5O5/c1-3-34-18-10-8-17(9-11-18)24-28-22(35-29-24)12-13-23(31)30(14-15-33-2)16-21-26-20-7-5-4-6-19(20)25(32)27-21/h4-11H,3,12-16H2,1-2H3,(H,26,27,32). The average Bonchev–Trinajstić information content (AvgIpc) is 3.35. The monoisotopic (exact) mass is 477 g/mol. The number of H-pyrrole nitrogens is 1. The maximum Gasteiger partial charge on any atom is 0.258 e. The van der Waals surface area contributed by atoms with E-state index < -0.39 is 0 Å². The van der Waals surface area contributed by atoms with E-state index in [9.17, 15) is 9.59 Å². The van der Waals surface area contributed by atoms with Crippen molar-refractivity contribution >= 4 is 16.8 Å². The molecule has 2 aromatic carbocycles. The van der Waals surface area contributed by atoms with Crippen LogP contribution in [0.15, 0.2) is 57.8 Å². The van der Waals surface area contributed by atoms with Crippen LogP contribution in [-0.4, -0.2) is 57.8 Å². The van der Waals surface area contributed by atoms with Crippen LogP contribution in [0.4, 0.5) is 0 Å². The number of hydrogen-bond acceptors (Lipinski definition) is 8. The fourth-order valence-corrected chi connectivity index (χ4v) is 3.60. The summed E-state index contributed by atoms with van der Waals surface area (Å²) in [5.41, 5.74) is 1.14. The van der Waals surface area contributed by atoms with E-state index in [0.29, 0.717) is 48.2 Å². The van der Waals surface area contributed by atoms with Crippen LogP contribution in [-0.2, 0) is 22.5 Å². The second-order valence-electron chi connectivity index (χ2n) is 7.81. The van der Waals surface area contributed by atoms with Gasteiger partial charge >= 0.3 is 0 Å². The molecule has 0 spiro atoms. The van der Waals surface area contributed by atoms with Crippen LogP contribution < -0.4 is 10.3 Å². The third-order valence-corrected chi connectivity index (χ3v) is 5.36. The lowest BCUT2D eigenvalue weighted by molar-refractivity contribution is -0.132. The molecule has 0 bridgehead atoms. The molecule has 0 radical (unpaired) electrons. The number of aromatic nitrogens is 4. The quantitative estimate of drug-likeness (QED) is 0.350. The van der Waals surface area contributed by atoms with Crippen LogP contribution in [0.5, 0.6) is 5.75 Å². The van der Waals surface area contributed by atoms with Crippen molar-refractivity contribution in [2.45, 2.75) is 26.3 Å². The second-order valence-corrected chi connectivity index (χ2v) is 7.81. The summed E-state index contributed by atoms with van der Waals surface area (Å²) < 4.78 is 15.9. The molecule has 10 heteroatoms. The zero-order valence-electron chi connectivity index (χ0n) is 19.7. The molecule has 2 heterocycles. The SMILES string of the molecule is CCOc1ccc(-c2noc(CCC(=O)N(CCOC)Cc3nc4ccccc4c(=O)[nH]3)n2)cc1. The van der Waals surface area contributed by atoms with Gasteiger partial charge in [-0.2, -0.15) is 4.98 Å². The Labute approximate surface area is 201 Å². The van der Waals surface area contributed by atoms with E-state index in [1.54, 1.807) is 30.2 Å². The molecule has 1 N–H and O–H groups in total. The van der Waals surface area contributed by atoms with Crippen LogP contribution in [0.25, 0.3) is 22.3 Å². The number of aryl methyl sites for hydroxylation is 1. The maximum atomic E-state index is 13.0. The number of carbonyl (C=O) groups is 1. The normalized spacial score (nSPS) is 11.0. The number of ether oxygens (including phenoxy) is 2. The highest BCUT2D eigenvalue weighted by atomic mass is 16.5. The largest absolute Gasteiger partial charge is 0.494 e. The highest BCUT2D eigenvalue weighted by Gasteiger charge is 2.18. The van der Waals surface area contributed by atoms with Crippen molar-refractivity contribution in [1.29, 1.82) is 0 Å². The topological polar surface area (TPSA) is 123 Å². The molecule has 1 amide bonds. The Morgan fingerprint density at radius 3 is 2.69 bits per heavy atom. The number of fused-ring (bicyclic) bond motifs is 1. The molecule has 10 nitrogen and oxygen atoms in total. The molecule has 4 aromatic rings. The molecule has 2 aromatic heterocycles. The molecule has 0 saturated heterocycles. The molecule has 0 atom stereocenters. The Morgan fingerprint density at radius 1 is 1.11 bits per heavy atom. The van der Waals surface area contributed by atoms with Gasteiger partial charge in [0.05, 0.1) is 30.7 Å². The lowest BCUT2D eigenvalue weighted by Crippen LogP contribution is -2.34. The lowest BCUT2D eigenvalue weighted by Gasteiger charge is -2.21. The predicted octanol–water partition coefficient (Wildman–Crippen LogP) is 2.98. The number of benzene rings is 2. The molecule has 0 saturated carbocycles. The van der Waals surface area contributed by atoms with Gasteiger partial charge in [0.2, 0.25) is 17.6 Å². The number of amides is 1. The molecule has 0 aliphatic heterocycles. The lowest BCUT2D eigenvalue weighted by atomic mass is 10.2. The number of hydrogen-bond donors (Lipinski definition) is 1. The van der Waals surface area contributed by atoms with Crippen molar-refractivity contribution < 1.29 is 18.8 Å². The molecule has 0 aliphatic rings. The number of methoxy groups -OCH3 is 1. The van der Waals surface area contributed by atoms with Gasteiger partial charge in [0, 0.05) is 32.1 Å². The minimum Gasteiger partial charge on any atom is -0.494 e. The van der Waals surface area contributed by atoms with Gasteiger partial charge in [-0.05, 0) is 43.3 Å². The Balaban J connectivity index is 1.41. The predicted molar refractivity (Wildman–Crippen MR) is 129 cm³/mol. The van der Waals surface area contributed by atoms with Gasteiger partial charge in [0.15, 0.2) is 0 Å². The summed E-state index contributed by atoms with van der Waals surface area (Å²) in [6.07, 6.45) is 0.445. The van der Waals surface area contributed by atoms with Crippen molar-refractivity contribution in [3.8, 4) is 17.1 Å². The van der Waals surface area contributed by atoms with Gasteiger partial charge in [0.25, 0.3) is 5.56 Å². The van der Waals surface area contributed by atoms with E-state index in [1.807, 2.05) is 37.3 Å². The third kappa shape index (κ3) is 6.10. The van der Waals surface area contributed by atoms with E-state index >= 15 is 0 Å². The smallest absolute Gasteiger partial charge is 0.258 e. The van der Waals surface area contributed by atoms with Crippen molar-refractivity contribution in [3.05, 3.63) is 70.6 Å². The second kappa shape index (κ2) is 11.4. The van der Waals surface area contributed by atoms with Gasteiger partial charge in [-0.25, -0.2) is 4.98 Å². The zero-order valence-corrected chi connectivity index (χ0v) is 19.7. The number of nitrogens with one attached hydrogen (secondary N) is 1. The summed E-state index contributed by atoms with van der Waals surface area (Å²) in [6.45, 7) is 3.38. The maximum absolute atomic E-state index is 13.0. The number of rotatable bonds is 11. The number of aromatic amines is 1. The highest BCUT2D eigenvalue weighted by molar-refractivity contribution is 5.78. The van der Waals surface area contributed by atoms with E-state index in [4.69, 9.17) is 14.0 Å². The molecule has 0 fully saturated rings. The van der Waals surface area contributed by atoms with Crippen molar-refractivity contribution in [3.63, 3.8) is 0 Å². The van der Waals surface area contributed by atoms with Crippen LogP contribution in [0.2, 0.25) is 0 Å². The first-order valence-corrected chi connectivity index (χ1v) is 11.4. The summed E-state index contributed by atoms with van der Waals surface area (Å²) in [7, 11) is 1.57. The first-order valence-electron chi connectivity index (χ1n) is 11.4. The Hall–Kier alpha value is -4.05. The summed E-state index contributed by atoms with van der Waals surface area (Å²) in [5, 5.41) is 4.52. The van der Waals surface area contributed by atoms with Crippen LogP contribution in [0, 0.1) is 0 Å². The van der Waals surface area contributed by atoms with Crippen LogP contribution in [0.3, 0.4) is 0 Å². The van der Waals surface area contributed by atoms with Crippen molar-refractivity contribution in [2.24, 2.45) is 0 Å². The fourth-order valence-electron chi connectivity index (χ4n) is 3.60. The van der Waals surface area contributed by atoms with E-state index in [0.717, 1.165) is 11.3 Å². The minimum atomic E-state index is -0.239. The van der Waals surface area contributed by atoms with Gasteiger partial charge in [-0.1, -0.05) is 17.3 Å². The zero-order chi connectivity index (χ0) is 24.6. The third-order valence-electron chi connectivity index (χ3n) is 5.36. The summed E-state index contributed by atoms with van der Waals surface area (Å²) in [4.78, 5) is 38.7. The first-order chi connectivity index (χ1) is 17.1. The summed E-state index contributed by atoms with van der Waals surface area (Å²) in [5.74, 6) is 1.85. The Morgan fingerprint density at radius 2 is 1.91 bits per heavy atom. The van der Waals surface area contributed by atoms with Crippen LogP contribution >= 0.6 is 0 Å². The van der Waals surface area contributed by atoms with Gasteiger partial charge in [0.1, 0.15) is 11.6 Å². The Kier molecular flexibility index (Phi) is 7.84. The molecule has 0 unspecified atom stereocenters. The number of para-hydroxylation sites is 1. The average molecular weight is 478 g/mol. The number of carbonyl (C=O) groups excluding carboxylic acids is 1. The van der Waals surface area contributed by atoms with Gasteiger partial charge < -0.3 is 23.9 Å². The van der Waals surface area contributed by atoms with Crippen molar-refractivity contribution in [1.82, 2.24) is 25.0 Å². The number of nitrogens with zero attached hydrogens (tertiary/aromatic N) is 4. The summed E-state index contributed by atoms with van der Waals surface area (Å²) >= 11 is 0. The Bertz CT molecular complexity index is 1330. The molecular formula is C25H27N5O5. The van der Waals surface area contributed by atoms with Crippen molar-refractivity contribution in [2.75, 3.05) is 26.9 Å². The molecule has 4 rings (SSSR count). The first kappa shape index (κ1) is 24.1. The van der Waals surface area contributed by atoms with E-state index in [-0.39, 0.29) is 30.9 Å². The minimum absolute atomic E-state index is 0.140. The molecule has 35 heavy (non-hydrogen) atoms. The van der Waals surface area contributed by atoms with Gasteiger partial charge in [-0.3, -0.25) is 9.59 Å². The van der Waals surface area contributed by atoms with Crippen LogP contribution in [0.1, 0.15) is 25.1 Å². The van der Waals surface area contributed by atoms with E-state index in [1.165, 1.54) is 0 Å². The molecular weight excluding hydrogens is 450 g/mol. The highest BCUT2D eigenvalue weighted by Crippen LogP contribution is 2.20. The summed E-state index contributed by atoms with van der Waals surface area (Å²) in [6, 6.07) is 14.5. The van der Waals surface area contributed by atoms with E-state index in [2.05, 4.69) is 20.1 Å². The van der Waals surface area contributed by atoms with Gasteiger partial charge in [-0.15, -0.1) is 0 Å². The molecule has 0 aliphatic carbocycles. The fraction of sp³-hybridized carbons (Fsp3) is 0.320. The molecule has 182 valence electrons.